The number of nitrogens with zero attached hydrogens (tertiary/aromatic N) is 2. The Morgan fingerprint density at radius 2 is 2.31 bits per heavy atom. The number of carbonyl (C=O) groups is 1. The van der Waals surface area contributed by atoms with Gasteiger partial charge in [0.25, 0.3) is 6.43 Å². The number of aliphatic carboxylic acids is 1. The summed E-state index contributed by atoms with van der Waals surface area (Å²) in [4.78, 5) is 13.8. The van der Waals surface area contributed by atoms with Crippen molar-refractivity contribution in [3.05, 3.63) is 23.0 Å². The van der Waals surface area contributed by atoms with E-state index in [9.17, 15) is 13.6 Å². The highest BCUT2D eigenvalue weighted by molar-refractivity contribution is 5.71. The predicted octanol–water partition coefficient (Wildman–Crippen LogP) is 1.10. The summed E-state index contributed by atoms with van der Waals surface area (Å²) >= 11 is 0. The molecule has 1 heterocycles. The molecule has 0 saturated heterocycles. The first-order chi connectivity index (χ1) is 7.45. The highest BCUT2D eigenvalue weighted by Gasteiger charge is 2.18. The number of nitrogen functional groups attached to an aromatic ring is 1. The Kier molecular flexibility index (Phi) is 3.35. The van der Waals surface area contributed by atoms with Gasteiger partial charge in [-0.05, 0) is 6.07 Å². The Labute approximate surface area is 89.1 Å². The normalized spacial score (nSPS) is 10.1. The molecule has 1 aromatic heterocycles. The van der Waals surface area contributed by atoms with Crippen LogP contribution in [0.25, 0.3) is 0 Å². The van der Waals surface area contributed by atoms with Crippen LogP contribution in [0.2, 0.25) is 0 Å². The summed E-state index contributed by atoms with van der Waals surface area (Å²) in [6.07, 6.45) is -3.50. The Hall–Kier alpha value is -2.23. The fraction of sp³-hybridized carbons (Fsp3) is 0.222. The van der Waals surface area contributed by atoms with E-state index in [-0.39, 0.29) is 16.9 Å². The van der Waals surface area contributed by atoms with Crippen molar-refractivity contribution in [2.75, 3.05) is 5.73 Å². The summed E-state index contributed by atoms with van der Waals surface area (Å²) in [5.74, 6) is -1.26. The molecule has 84 valence electrons. The summed E-state index contributed by atoms with van der Waals surface area (Å²) in [6, 6.07) is 2.66. The van der Waals surface area contributed by atoms with Gasteiger partial charge in [0.15, 0.2) is 0 Å². The van der Waals surface area contributed by atoms with Crippen molar-refractivity contribution in [2.45, 2.75) is 12.8 Å². The van der Waals surface area contributed by atoms with E-state index in [4.69, 9.17) is 16.1 Å². The molecule has 7 heteroatoms. The fourth-order valence-corrected chi connectivity index (χ4v) is 1.13. The third-order valence-electron chi connectivity index (χ3n) is 1.81. The van der Waals surface area contributed by atoms with Crippen LogP contribution < -0.4 is 5.73 Å². The zero-order valence-corrected chi connectivity index (χ0v) is 7.94. The van der Waals surface area contributed by atoms with Gasteiger partial charge in [0.1, 0.15) is 11.8 Å². The highest BCUT2D eigenvalue weighted by Crippen LogP contribution is 2.25. The first-order valence-electron chi connectivity index (χ1n) is 4.15. The molecule has 0 radical (unpaired) electrons. The lowest BCUT2D eigenvalue weighted by molar-refractivity contribution is -0.136. The predicted molar refractivity (Wildman–Crippen MR) is 49.7 cm³/mol. The van der Waals surface area contributed by atoms with Gasteiger partial charge in [0, 0.05) is 0 Å². The number of carboxylic acid groups (broad SMARTS) is 1. The average molecular weight is 227 g/mol. The van der Waals surface area contributed by atoms with Gasteiger partial charge in [-0.1, -0.05) is 0 Å². The molecule has 0 bridgehead atoms. The first-order valence-corrected chi connectivity index (χ1v) is 4.15. The standard InChI is InChI=1S/C9H7F2N3O2/c10-9(11)8-5(13)1-4(3-12)6(14-8)2-7(15)16/h1,9H,2,13H2,(H,15,16). The first kappa shape index (κ1) is 11.8. The van der Waals surface area contributed by atoms with Gasteiger partial charge in [0.2, 0.25) is 0 Å². The van der Waals surface area contributed by atoms with Crippen molar-refractivity contribution >= 4 is 11.7 Å². The fourth-order valence-electron chi connectivity index (χ4n) is 1.13. The molecule has 0 aliphatic rings. The molecule has 1 rings (SSSR count). The number of pyridine rings is 1. The van der Waals surface area contributed by atoms with E-state index < -0.39 is 24.5 Å². The van der Waals surface area contributed by atoms with E-state index in [1.54, 1.807) is 6.07 Å². The van der Waals surface area contributed by atoms with Gasteiger partial charge in [-0.3, -0.25) is 4.79 Å². The number of aromatic nitrogens is 1. The monoisotopic (exact) mass is 227 g/mol. The van der Waals surface area contributed by atoms with Crippen LogP contribution in [-0.4, -0.2) is 16.1 Å². The number of alkyl halides is 2. The molecule has 0 saturated carbocycles. The summed E-state index contributed by atoms with van der Waals surface area (Å²) in [6.45, 7) is 0. The van der Waals surface area contributed by atoms with E-state index >= 15 is 0 Å². The van der Waals surface area contributed by atoms with Gasteiger partial charge >= 0.3 is 5.97 Å². The maximum Gasteiger partial charge on any atom is 0.309 e. The summed E-state index contributed by atoms with van der Waals surface area (Å²) < 4.78 is 24.8. The van der Waals surface area contributed by atoms with Gasteiger partial charge in [0.05, 0.1) is 23.4 Å². The minimum atomic E-state index is -2.90. The number of hydrogen-bond donors (Lipinski definition) is 2. The quantitative estimate of drug-likeness (QED) is 0.805. The van der Waals surface area contributed by atoms with Crippen molar-refractivity contribution in [3.63, 3.8) is 0 Å². The highest BCUT2D eigenvalue weighted by atomic mass is 19.3. The number of rotatable bonds is 3. The summed E-state index contributed by atoms with van der Waals surface area (Å²) in [5, 5.41) is 17.2. The van der Waals surface area contributed by atoms with E-state index in [0.717, 1.165) is 6.07 Å². The minimum Gasteiger partial charge on any atom is -0.481 e. The lowest BCUT2D eigenvalue weighted by Gasteiger charge is -2.07. The Morgan fingerprint density at radius 1 is 1.69 bits per heavy atom. The van der Waals surface area contributed by atoms with Crippen LogP contribution in [0.3, 0.4) is 0 Å². The summed E-state index contributed by atoms with van der Waals surface area (Å²) in [7, 11) is 0. The number of carboxylic acids is 1. The van der Waals surface area contributed by atoms with Crippen molar-refractivity contribution in [1.82, 2.24) is 4.98 Å². The van der Waals surface area contributed by atoms with Gasteiger partial charge in [-0.25, -0.2) is 13.8 Å². The molecule has 0 aliphatic heterocycles. The molecule has 0 atom stereocenters. The third kappa shape index (κ3) is 2.42. The number of halogens is 2. The lowest BCUT2D eigenvalue weighted by Crippen LogP contribution is -2.09. The second-order valence-electron chi connectivity index (χ2n) is 2.94. The SMILES string of the molecule is N#Cc1cc(N)c(C(F)F)nc1CC(=O)O. The van der Waals surface area contributed by atoms with Crippen LogP contribution in [0.5, 0.6) is 0 Å². The number of nitriles is 1. The molecule has 16 heavy (non-hydrogen) atoms. The van der Waals surface area contributed by atoms with Crippen LogP contribution in [0.4, 0.5) is 14.5 Å². The van der Waals surface area contributed by atoms with Crippen LogP contribution in [0, 0.1) is 11.3 Å². The van der Waals surface area contributed by atoms with E-state index in [0.29, 0.717) is 0 Å². The Bertz CT molecular complexity index is 469. The molecule has 0 unspecified atom stereocenters. The van der Waals surface area contributed by atoms with Crippen molar-refractivity contribution in [2.24, 2.45) is 0 Å². The van der Waals surface area contributed by atoms with Crippen LogP contribution in [0.15, 0.2) is 6.07 Å². The van der Waals surface area contributed by atoms with Crippen molar-refractivity contribution in [1.29, 1.82) is 5.26 Å². The third-order valence-corrected chi connectivity index (χ3v) is 1.81. The van der Waals surface area contributed by atoms with E-state index in [1.807, 2.05) is 0 Å². The van der Waals surface area contributed by atoms with Gasteiger partial charge in [-0.2, -0.15) is 5.26 Å². The molecule has 5 nitrogen and oxygen atoms in total. The molecule has 0 aromatic carbocycles. The van der Waals surface area contributed by atoms with E-state index in [1.165, 1.54) is 0 Å². The summed E-state index contributed by atoms with van der Waals surface area (Å²) in [5.41, 5.74) is 3.92. The number of hydrogen-bond acceptors (Lipinski definition) is 4. The zero-order valence-electron chi connectivity index (χ0n) is 7.94. The average Bonchev–Trinajstić information content (AvgIpc) is 2.18. The second-order valence-corrected chi connectivity index (χ2v) is 2.94. The van der Waals surface area contributed by atoms with Crippen LogP contribution >= 0.6 is 0 Å². The zero-order chi connectivity index (χ0) is 12.3. The molecule has 0 amide bonds. The maximum absolute atomic E-state index is 12.4. The number of anilines is 1. The molecular formula is C9H7F2N3O2. The molecule has 1 aromatic rings. The van der Waals surface area contributed by atoms with Gasteiger partial charge < -0.3 is 10.8 Å². The second kappa shape index (κ2) is 4.53. The van der Waals surface area contributed by atoms with Crippen molar-refractivity contribution in [3.8, 4) is 6.07 Å². The minimum absolute atomic E-state index is 0.107. The Morgan fingerprint density at radius 3 is 2.75 bits per heavy atom. The smallest absolute Gasteiger partial charge is 0.309 e. The molecule has 0 fully saturated rings. The molecule has 0 aliphatic carbocycles. The molecule has 0 spiro atoms. The topological polar surface area (TPSA) is 100 Å². The van der Waals surface area contributed by atoms with Crippen LogP contribution in [-0.2, 0) is 11.2 Å². The van der Waals surface area contributed by atoms with Crippen molar-refractivity contribution < 1.29 is 18.7 Å². The number of nitrogens with two attached hydrogens (primary N) is 1. The lowest BCUT2D eigenvalue weighted by atomic mass is 10.1. The van der Waals surface area contributed by atoms with Gasteiger partial charge in [-0.15, -0.1) is 0 Å². The maximum atomic E-state index is 12.4. The van der Waals surface area contributed by atoms with Crippen LogP contribution in [0.1, 0.15) is 23.4 Å². The molecular weight excluding hydrogens is 220 g/mol. The van der Waals surface area contributed by atoms with E-state index in [2.05, 4.69) is 4.98 Å². The largest absolute Gasteiger partial charge is 0.481 e. The Balaban J connectivity index is 3.30. The molecule has 3 N–H and O–H groups in total.